The minimum Gasteiger partial charge on any atom is -0.486 e. The van der Waals surface area contributed by atoms with Crippen LogP contribution in [0.3, 0.4) is 0 Å². The van der Waals surface area contributed by atoms with Gasteiger partial charge in [-0.25, -0.2) is 4.79 Å². The Balaban J connectivity index is 1.40. The van der Waals surface area contributed by atoms with Gasteiger partial charge in [0, 0.05) is 31.2 Å². The average Bonchev–Trinajstić information content (AvgIpc) is 3.43. The number of fused-ring (bicyclic) bond motifs is 2. The van der Waals surface area contributed by atoms with E-state index in [0.29, 0.717) is 42.3 Å². The first-order valence-corrected chi connectivity index (χ1v) is 13.7. The molecule has 2 heterocycles. The maximum absolute atomic E-state index is 13.7. The summed E-state index contributed by atoms with van der Waals surface area (Å²) in [6, 6.07) is 19.3. The fourth-order valence-corrected chi connectivity index (χ4v) is 5.09. The Kier molecular flexibility index (Phi) is 8.61. The second-order valence-corrected chi connectivity index (χ2v) is 10.6. The molecule has 0 radical (unpaired) electrons. The Bertz CT molecular complexity index is 1380. The molecule has 0 fully saturated rings. The number of benzene rings is 3. The van der Waals surface area contributed by atoms with Crippen molar-refractivity contribution in [3.8, 4) is 17.2 Å². The lowest BCUT2D eigenvalue weighted by Gasteiger charge is -2.38. The van der Waals surface area contributed by atoms with Crippen LogP contribution in [0.1, 0.15) is 29.8 Å². The van der Waals surface area contributed by atoms with Crippen LogP contribution in [0, 0.1) is 5.92 Å². The van der Waals surface area contributed by atoms with Crippen LogP contribution in [-0.2, 0) is 6.54 Å². The summed E-state index contributed by atoms with van der Waals surface area (Å²) < 4.78 is 17.6. The molecule has 216 valence electrons. The zero-order chi connectivity index (χ0) is 28.9. The van der Waals surface area contributed by atoms with Crippen molar-refractivity contribution >= 4 is 23.3 Å². The molecule has 3 N–H and O–H groups in total. The standard InChI is InChI=1S/C31H36N4O6/c1-20-15-35(21(2)18-36)30(37)24-10-7-11-25(33-31(38)32-23-8-5-4-6-9-23)29(24)41-28(20)17-34(3)16-22-12-13-26-27(14-22)40-19-39-26/h4-14,20-21,28,36H,15-19H2,1-3H3,(H2,32,33,38)/t20-,21+,28+/m0/s1. The van der Waals surface area contributed by atoms with Gasteiger partial charge in [0.25, 0.3) is 5.91 Å². The maximum atomic E-state index is 13.7. The Morgan fingerprint density at radius 2 is 1.85 bits per heavy atom. The van der Waals surface area contributed by atoms with E-state index in [4.69, 9.17) is 14.2 Å². The van der Waals surface area contributed by atoms with Crippen LogP contribution in [0.4, 0.5) is 16.2 Å². The Morgan fingerprint density at radius 1 is 1.07 bits per heavy atom. The molecule has 0 spiro atoms. The number of hydrogen-bond donors (Lipinski definition) is 3. The van der Waals surface area contributed by atoms with Gasteiger partial charge >= 0.3 is 6.03 Å². The molecule has 0 saturated heterocycles. The van der Waals surface area contributed by atoms with E-state index in [1.165, 1.54) is 0 Å². The highest BCUT2D eigenvalue weighted by Gasteiger charge is 2.34. The summed E-state index contributed by atoms with van der Waals surface area (Å²) in [6.45, 7) is 5.52. The number of rotatable bonds is 8. The van der Waals surface area contributed by atoms with Gasteiger partial charge in [-0.05, 0) is 55.9 Å². The van der Waals surface area contributed by atoms with E-state index in [1.54, 1.807) is 35.2 Å². The first-order valence-electron chi connectivity index (χ1n) is 13.7. The number of likely N-dealkylation sites (N-methyl/N-ethyl adjacent to an activating group) is 1. The van der Waals surface area contributed by atoms with Gasteiger partial charge < -0.3 is 34.9 Å². The quantitative estimate of drug-likeness (QED) is 0.374. The van der Waals surface area contributed by atoms with Crippen molar-refractivity contribution in [1.29, 1.82) is 0 Å². The molecule has 3 amide bonds. The number of para-hydroxylation sites is 2. The lowest BCUT2D eigenvalue weighted by atomic mass is 9.99. The first-order chi connectivity index (χ1) is 19.8. The highest BCUT2D eigenvalue weighted by Crippen LogP contribution is 2.36. The molecule has 2 aliphatic rings. The fraction of sp³-hybridized carbons (Fsp3) is 0.355. The fourth-order valence-electron chi connectivity index (χ4n) is 5.09. The number of aliphatic hydroxyl groups excluding tert-OH is 1. The average molecular weight is 561 g/mol. The van der Waals surface area contributed by atoms with Crippen molar-refractivity contribution in [3.05, 3.63) is 77.9 Å². The number of hydrogen-bond acceptors (Lipinski definition) is 7. The minimum absolute atomic E-state index is 0.0773. The molecule has 0 bridgehead atoms. The molecule has 2 aliphatic heterocycles. The molecule has 5 rings (SSSR count). The molecule has 0 aromatic heterocycles. The zero-order valence-electron chi connectivity index (χ0n) is 23.5. The summed E-state index contributed by atoms with van der Waals surface area (Å²) in [4.78, 5) is 30.4. The van der Waals surface area contributed by atoms with Crippen molar-refractivity contribution in [2.45, 2.75) is 32.5 Å². The van der Waals surface area contributed by atoms with Gasteiger partial charge in [-0.3, -0.25) is 9.69 Å². The van der Waals surface area contributed by atoms with Crippen molar-refractivity contribution < 1.29 is 28.9 Å². The lowest BCUT2D eigenvalue weighted by molar-refractivity contribution is 0.0343. The molecule has 0 aliphatic carbocycles. The number of aliphatic hydroxyl groups is 1. The Hall–Kier alpha value is -4.28. The molecule has 3 atom stereocenters. The first kappa shape index (κ1) is 28.3. The second-order valence-electron chi connectivity index (χ2n) is 10.6. The third-order valence-electron chi connectivity index (χ3n) is 7.35. The zero-order valence-corrected chi connectivity index (χ0v) is 23.5. The highest BCUT2D eigenvalue weighted by molar-refractivity contribution is 6.04. The largest absolute Gasteiger partial charge is 0.486 e. The summed E-state index contributed by atoms with van der Waals surface area (Å²) in [5.74, 6) is 1.45. The molecule has 0 unspecified atom stereocenters. The molecule has 41 heavy (non-hydrogen) atoms. The van der Waals surface area contributed by atoms with E-state index < -0.39 is 6.03 Å². The molecule has 3 aromatic rings. The van der Waals surface area contributed by atoms with Gasteiger partial charge in [-0.1, -0.05) is 37.3 Å². The highest BCUT2D eigenvalue weighted by atomic mass is 16.7. The van der Waals surface area contributed by atoms with Gasteiger partial charge in [-0.2, -0.15) is 0 Å². The van der Waals surface area contributed by atoms with Crippen LogP contribution in [0.5, 0.6) is 17.2 Å². The number of amides is 3. The third kappa shape index (κ3) is 6.55. The topological polar surface area (TPSA) is 113 Å². The predicted octanol–water partition coefficient (Wildman–Crippen LogP) is 4.41. The smallest absolute Gasteiger partial charge is 0.323 e. The summed E-state index contributed by atoms with van der Waals surface area (Å²) >= 11 is 0. The molecule has 3 aromatic carbocycles. The van der Waals surface area contributed by atoms with Crippen LogP contribution in [0.2, 0.25) is 0 Å². The van der Waals surface area contributed by atoms with Crippen molar-refractivity contribution in [2.24, 2.45) is 5.92 Å². The maximum Gasteiger partial charge on any atom is 0.323 e. The number of nitrogens with one attached hydrogen (secondary N) is 2. The second kappa shape index (κ2) is 12.5. The van der Waals surface area contributed by atoms with Gasteiger partial charge in [0.15, 0.2) is 17.2 Å². The normalized spacial score (nSPS) is 18.7. The summed E-state index contributed by atoms with van der Waals surface area (Å²) in [5.41, 5.74) is 2.43. The number of anilines is 2. The van der Waals surface area contributed by atoms with E-state index in [1.807, 2.05) is 57.3 Å². The molecular formula is C31H36N4O6. The summed E-state index contributed by atoms with van der Waals surface area (Å²) in [5, 5.41) is 15.6. The van der Waals surface area contributed by atoms with E-state index in [-0.39, 0.29) is 37.4 Å². The van der Waals surface area contributed by atoms with Gasteiger partial charge in [0.05, 0.1) is 23.9 Å². The van der Waals surface area contributed by atoms with Crippen molar-refractivity contribution in [1.82, 2.24) is 9.80 Å². The predicted molar refractivity (Wildman–Crippen MR) is 156 cm³/mol. The third-order valence-corrected chi connectivity index (χ3v) is 7.35. The van der Waals surface area contributed by atoms with Crippen molar-refractivity contribution in [3.63, 3.8) is 0 Å². The van der Waals surface area contributed by atoms with E-state index in [0.717, 1.165) is 17.1 Å². The SMILES string of the molecule is C[C@H](CO)N1C[C@H](C)[C@@H](CN(C)Cc2ccc3c(c2)OCO3)Oc2c(NC(=O)Nc3ccccc3)cccc2C1=O. The van der Waals surface area contributed by atoms with Crippen LogP contribution >= 0.6 is 0 Å². The number of carbonyl (C=O) groups is 2. The van der Waals surface area contributed by atoms with Gasteiger partial charge in [0.1, 0.15) is 6.10 Å². The van der Waals surface area contributed by atoms with Gasteiger partial charge in [-0.15, -0.1) is 0 Å². The number of carbonyl (C=O) groups excluding carboxylic acids is 2. The van der Waals surface area contributed by atoms with E-state index in [9.17, 15) is 14.7 Å². The summed E-state index contributed by atoms with van der Waals surface area (Å²) in [7, 11) is 2.01. The minimum atomic E-state index is -0.451. The number of nitrogens with zero attached hydrogens (tertiary/aromatic N) is 2. The van der Waals surface area contributed by atoms with Gasteiger partial charge in [0.2, 0.25) is 6.79 Å². The lowest BCUT2D eigenvalue weighted by Crippen LogP contribution is -2.49. The Morgan fingerprint density at radius 3 is 2.63 bits per heavy atom. The molecule has 10 nitrogen and oxygen atoms in total. The van der Waals surface area contributed by atoms with E-state index in [2.05, 4.69) is 15.5 Å². The van der Waals surface area contributed by atoms with Crippen molar-refractivity contribution in [2.75, 3.05) is 44.2 Å². The molecular weight excluding hydrogens is 524 g/mol. The monoisotopic (exact) mass is 560 g/mol. The van der Waals surface area contributed by atoms with Crippen LogP contribution in [0.15, 0.2) is 66.7 Å². The number of urea groups is 1. The van der Waals surface area contributed by atoms with Crippen LogP contribution < -0.4 is 24.8 Å². The number of ether oxygens (including phenoxy) is 3. The summed E-state index contributed by atoms with van der Waals surface area (Å²) in [6.07, 6.45) is -0.325. The Labute approximate surface area is 239 Å². The molecule has 10 heteroatoms. The van der Waals surface area contributed by atoms with Crippen LogP contribution in [-0.4, -0.2) is 72.5 Å². The van der Waals surface area contributed by atoms with E-state index >= 15 is 0 Å². The molecule has 0 saturated carbocycles. The van der Waals surface area contributed by atoms with Crippen LogP contribution in [0.25, 0.3) is 0 Å².